The van der Waals surface area contributed by atoms with E-state index in [-0.39, 0.29) is 13.2 Å². The number of aliphatic hydroxyl groups excluding tert-OH is 1. The predicted octanol–water partition coefficient (Wildman–Crippen LogP) is 5.50. The Balaban J connectivity index is 1.85. The third-order valence-corrected chi connectivity index (χ3v) is 5.57. The van der Waals surface area contributed by atoms with Crippen LogP contribution in [0.3, 0.4) is 0 Å². The van der Waals surface area contributed by atoms with E-state index in [1.54, 1.807) is 13.0 Å². The Morgan fingerprint density at radius 3 is 2.41 bits per heavy atom. The number of rotatable bonds is 7. The summed E-state index contributed by atoms with van der Waals surface area (Å²) in [6, 6.07) is 13.9. The van der Waals surface area contributed by atoms with Crippen LogP contribution in [0.1, 0.15) is 51.0 Å². The summed E-state index contributed by atoms with van der Waals surface area (Å²) >= 11 is 0. The first-order chi connectivity index (χ1) is 14.0. The Morgan fingerprint density at radius 1 is 1.10 bits per heavy atom. The van der Waals surface area contributed by atoms with Gasteiger partial charge in [-0.15, -0.1) is 0 Å². The number of ether oxygens (including phenoxy) is 2. The molecule has 1 saturated carbocycles. The Hall–Kier alpha value is -2.59. The van der Waals surface area contributed by atoms with Crippen LogP contribution in [0.2, 0.25) is 0 Å². The van der Waals surface area contributed by atoms with E-state index in [2.05, 4.69) is 37.8 Å². The quantitative estimate of drug-likeness (QED) is 0.383. The lowest BCUT2D eigenvalue weighted by Crippen LogP contribution is -2.11. The molecule has 1 aliphatic carbocycles. The zero-order valence-corrected chi connectivity index (χ0v) is 17.3. The topological polar surface area (TPSA) is 55.8 Å². The molecular formula is C25H30O4. The Morgan fingerprint density at radius 2 is 1.79 bits per heavy atom. The molecule has 0 amide bonds. The largest absolute Gasteiger partial charge is 0.491 e. The highest BCUT2D eigenvalue weighted by molar-refractivity contribution is 5.90. The number of hydrogen-bond donors (Lipinski definition) is 1. The zero-order chi connectivity index (χ0) is 20.8. The van der Waals surface area contributed by atoms with Gasteiger partial charge in [0, 0.05) is 17.2 Å². The SMILES string of the molecule is C=C(C)C(=O)Oc1cc(OCCO)ccc1-c1ccc(C2CCC(C)CC2)cc1. The Bertz CT molecular complexity index is 846. The van der Waals surface area contributed by atoms with Crippen molar-refractivity contribution >= 4 is 5.97 Å². The summed E-state index contributed by atoms with van der Waals surface area (Å²) in [7, 11) is 0. The van der Waals surface area contributed by atoms with Gasteiger partial charge < -0.3 is 14.6 Å². The van der Waals surface area contributed by atoms with Crippen molar-refractivity contribution in [3.05, 3.63) is 60.2 Å². The van der Waals surface area contributed by atoms with Crippen LogP contribution >= 0.6 is 0 Å². The maximum absolute atomic E-state index is 12.1. The van der Waals surface area contributed by atoms with E-state index in [1.807, 2.05) is 12.1 Å². The van der Waals surface area contributed by atoms with Gasteiger partial charge in [-0.3, -0.25) is 0 Å². The molecule has 2 aromatic rings. The molecule has 0 radical (unpaired) electrons. The summed E-state index contributed by atoms with van der Waals surface area (Å²) < 4.78 is 11.0. The van der Waals surface area contributed by atoms with Crippen LogP contribution in [0.15, 0.2) is 54.6 Å². The van der Waals surface area contributed by atoms with E-state index >= 15 is 0 Å². The lowest BCUT2D eigenvalue weighted by atomic mass is 9.79. The van der Waals surface area contributed by atoms with Gasteiger partial charge in [0.05, 0.1) is 6.61 Å². The predicted molar refractivity (Wildman–Crippen MR) is 115 cm³/mol. The van der Waals surface area contributed by atoms with Crippen molar-refractivity contribution in [2.45, 2.75) is 45.4 Å². The number of aliphatic hydroxyl groups is 1. The molecular weight excluding hydrogens is 364 g/mol. The molecule has 0 aliphatic heterocycles. The first-order valence-corrected chi connectivity index (χ1v) is 10.3. The summed E-state index contributed by atoms with van der Waals surface area (Å²) in [5.41, 5.74) is 3.51. The van der Waals surface area contributed by atoms with E-state index in [4.69, 9.17) is 14.6 Å². The van der Waals surface area contributed by atoms with Crippen LogP contribution in [0.5, 0.6) is 11.5 Å². The van der Waals surface area contributed by atoms with Gasteiger partial charge in [-0.25, -0.2) is 4.79 Å². The molecule has 0 unspecified atom stereocenters. The fourth-order valence-corrected chi connectivity index (χ4v) is 3.79. The molecule has 3 rings (SSSR count). The van der Waals surface area contributed by atoms with Crippen LogP contribution in [-0.2, 0) is 4.79 Å². The standard InChI is InChI=1S/C25H30O4/c1-17(2)25(27)29-24-16-22(28-15-14-26)12-13-23(24)21-10-8-20(9-11-21)19-6-4-18(3)5-7-19/h8-13,16,18-19,26H,1,4-7,14-15H2,2-3H3. The summed E-state index contributed by atoms with van der Waals surface area (Å²) in [6.07, 6.45) is 5.09. The molecule has 0 atom stereocenters. The Kier molecular flexibility index (Phi) is 7.10. The van der Waals surface area contributed by atoms with Crippen molar-refractivity contribution < 1.29 is 19.4 Å². The van der Waals surface area contributed by atoms with Crippen molar-refractivity contribution in [2.24, 2.45) is 5.92 Å². The summed E-state index contributed by atoms with van der Waals surface area (Å²) in [5.74, 6) is 1.96. The Labute approximate surface area is 173 Å². The van der Waals surface area contributed by atoms with E-state index < -0.39 is 5.97 Å². The number of carbonyl (C=O) groups is 1. The fraction of sp³-hybridized carbons (Fsp3) is 0.400. The van der Waals surface area contributed by atoms with Gasteiger partial charge in [-0.2, -0.15) is 0 Å². The van der Waals surface area contributed by atoms with Gasteiger partial charge in [-0.05, 0) is 54.9 Å². The van der Waals surface area contributed by atoms with Gasteiger partial charge in [0.15, 0.2) is 0 Å². The average Bonchev–Trinajstić information content (AvgIpc) is 2.73. The molecule has 0 aromatic heterocycles. The van der Waals surface area contributed by atoms with Gasteiger partial charge in [0.1, 0.15) is 18.1 Å². The molecule has 1 aliphatic rings. The van der Waals surface area contributed by atoms with Crippen LogP contribution in [0.4, 0.5) is 0 Å². The van der Waals surface area contributed by atoms with Gasteiger partial charge >= 0.3 is 5.97 Å². The lowest BCUT2D eigenvalue weighted by molar-refractivity contribution is -0.130. The van der Waals surface area contributed by atoms with Crippen molar-refractivity contribution in [3.63, 3.8) is 0 Å². The molecule has 154 valence electrons. The van der Waals surface area contributed by atoms with E-state index in [1.165, 1.54) is 31.2 Å². The average molecular weight is 395 g/mol. The number of carbonyl (C=O) groups excluding carboxylic acids is 1. The van der Waals surface area contributed by atoms with E-state index in [0.717, 1.165) is 17.0 Å². The van der Waals surface area contributed by atoms with Gasteiger partial charge in [-0.1, -0.05) is 50.6 Å². The zero-order valence-electron chi connectivity index (χ0n) is 17.3. The van der Waals surface area contributed by atoms with Gasteiger partial charge in [0.2, 0.25) is 0 Å². The molecule has 29 heavy (non-hydrogen) atoms. The van der Waals surface area contributed by atoms with Crippen LogP contribution in [0.25, 0.3) is 11.1 Å². The first kappa shape index (κ1) is 21.1. The van der Waals surface area contributed by atoms with Crippen molar-refractivity contribution in [2.75, 3.05) is 13.2 Å². The van der Waals surface area contributed by atoms with E-state index in [0.29, 0.717) is 23.0 Å². The minimum Gasteiger partial charge on any atom is -0.491 e. The number of esters is 1. The lowest BCUT2D eigenvalue weighted by Gasteiger charge is -2.26. The fourth-order valence-electron chi connectivity index (χ4n) is 3.79. The van der Waals surface area contributed by atoms with Crippen molar-refractivity contribution in [1.82, 2.24) is 0 Å². The van der Waals surface area contributed by atoms with E-state index in [9.17, 15) is 4.79 Å². The molecule has 1 N–H and O–H groups in total. The summed E-state index contributed by atoms with van der Waals surface area (Å²) in [6.45, 7) is 7.71. The molecule has 4 nitrogen and oxygen atoms in total. The van der Waals surface area contributed by atoms with Crippen LogP contribution in [-0.4, -0.2) is 24.3 Å². The molecule has 0 spiro atoms. The smallest absolute Gasteiger partial charge is 0.338 e. The van der Waals surface area contributed by atoms with Crippen molar-refractivity contribution in [1.29, 1.82) is 0 Å². The molecule has 4 heteroatoms. The minimum atomic E-state index is -0.474. The van der Waals surface area contributed by atoms with Crippen molar-refractivity contribution in [3.8, 4) is 22.6 Å². The molecule has 1 fully saturated rings. The third-order valence-electron chi connectivity index (χ3n) is 5.57. The maximum atomic E-state index is 12.1. The third kappa shape index (κ3) is 5.48. The van der Waals surface area contributed by atoms with Crippen LogP contribution in [0, 0.1) is 5.92 Å². The second kappa shape index (κ2) is 9.75. The molecule has 2 aromatic carbocycles. The molecule has 0 bridgehead atoms. The second-order valence-corrected chi connectivity index (χ2v) is 7.98. The van der Waals surface area contributed by atoms with Crippen LogP contribution < -0.4 is 9.47 Å². The summed E-state index contributed by atoms with van der Waals surface area (Å²) in [4.78, 5) is 12.1. The monoisotopic (exact) mass is 394 g/mol. The maximum Gasteiger partial charge on any atom is 0.338 e. The highest BCUT2D eigenvalue weighted by Gasteiger charge is 2.20. The first-order valence-electron chi connectivity index (χ1n) is 10.3. The molecule has 0 saturated heterocycles. The second-order valence-electron chi connectivity index (χ2n) is 7.98. The highest BCUT2D eigenvalue weighted by atomic mass is 16.5. The minimum absolute atomic E-state index is 0.0793. The summed E-state index contributed by atoms with van der Waals surface area (Å²) in [5, 5.41) is 8.97. The highest BCUT2D eigenvalue weighted by Crippen LogP contribution is 2.38. The molecule has 0 heterocycles. The normalized spacial score (nSPS) is 18.9. The van der Waals surface area contributed by atoms with Gasteiger partial charge in [0.25, 0.3) is 0 Å². The number of hydrogen-bond acceptors (Lipinski definition) is 4. The number of benzene rings is 2.